The normalized spacial score (nSPS) is 33.6. The van der Waals surface area contributed by atoms with Crippen LogP contribution in [0.1, 0.15) is 86.0 Å². The molecular formula is C30H46ClN. The van der Waals surface area contributed by atoms with E-state index in [1.807, 2.05) is 0 Å². The summed E-state index contributed by atoms with van der Waals surface area (Å²) in [7, 11) is 2.07. The Kier molecular flexibility index (Phi) is 8.37. The van der Waals surface area contributed by atoms with Crippen molar-refractivity contribution in [3.8, 4) is 0 Å². The molecule has 0 heterocycles. The van der Waals surface area contributed by atoms with Crippen molar-refractivity contribution in [2.24, 2.45) is 22.7 Å². The van der Waals surface area contributed by atoms with Crippen molar-refractivity contribution in [1.29, 1.82) is 0 Å². The van der Waals surface area contributed by atoms with Gasteiger partial charge in [0.1, 0.15) is 0 Å². The molecule has 178 valence electrons. The zero-order chi connectivity index (χ0) is 23.5. The maximum Gasteiger partial charge on any atom is 0.0582 e. The maximum atomic E-state index is 6.46. The molecule has 0 aromatic rings. The fourth-order valence-electron chi connectivity index (χ4n) is 6.39. The number of hydrogen-bond donors (Lipinski definition) is 1. The standard InChI is InChI=1S/C30H46ClN/c1-21(11-8-15-28(32-7)29(3,4)5)25-18-19-26-24(13-10-20-30(25,26)6)17-16-23-12-9-14-27(31)22(23)2/h8,15-18,21,26-28,32H,2,9-14,19-20H2,1,3-7H3/b15-8+,23-16-,24-17+. The number of alkyl halides is 1. The van der Waals surface area contributed by atoms with Crippen molar-refractivity contribution in [3.05, 3.63) is 59.3 Å². The Hall–Kier alpha value is -1.05. The van der Waals surface area contributed by atoms with Crippen LogP contribution in [-0.4, -0.2) is 18.5 Å². The zero-order valence-corrected chi connectivity index (χ0v) is 22.2. The lowest BCUT2D eigenvalue weighted by Crippen LogP contribution is -2.36. The van der Waals surface area contributed by atoms with Gasteiger partial charge in [0.25, 0.3) is 0 Å². The highest BCUT2D eigenvalue weighted by molar-refractivity contribution is 6.22. The Morgan fingerprint density at radius 3 is 2.69 bits per heavy atom. The number of rotatable bonds is 6. The van der Waals surface area contributed by atoms with Crippen LogP contribution in [0.5, 0.6) is 0 Å². The Morgan fingerprint density at radius 2 is 2.00 bits per heavy atom. The van der Waals surface area contributed by atoms with Gasteiger partial charge in [-0.25, -0.2) is 0 Å². The second-order valence-electron chi connectivity index (χ2n) is 11.7. The number of nitrogens with one attached hydrogen (secondary N) is 1. The van der Waals surface area contributed by atoms with Gasteiger partial charge in [0.2, 0.25) is 0 Å². The van der Waals surface area contributed by atoms with Gasteiger partial charge in [-0.3, -0.25) is 0 Å². The van der Waals surface area contributed by atoms with Crippen molar-refractivity contribution in [2.45, 2.75) is 97.4 Å². The summed E-state index contributed by atoms with van der Waals surface area (Å²) in [5.41, 5.74) is 6.43. The van der Waals surface area contributed by atoms with Gasteiger partial charge >= 0.3 is 0 Å². The minimum Gasteiger partial charge on any atom is -0.313 e. The Morgan fingerprint density at radius 1 is 1.25 bits per heavy atom. The van der Waals surface area contributed by atoms with E-state index in [1.54, 1.807) is 11.1 Å². The van der Waals surface area contributed by atoms with Crippen molar-refractivity contribution >= 4 is 11.6 Å². The van der Waals surface area contributed by atoms with Gasteiger partial charge in [-0.15, -0.1) is 11.6 Å². The van der Waals surface area contributed by atoms with Crippen LogP contribution in [0.3, 0.4) is 0 Å². The molecule has 3 aliphatic rings. The van der Waals surface area contributed by atoms with E-state index in [0.29, 0.717) is 23.3 Å². The Bertz CT molecular complexity index is 805. The highest BCUT2D eigenvalue weighted by Crippen LogP contribution is 2.57. The van der Waals surface area contributed by atoms with Crippen molar-refractivity contribution in [3.63, 3.8) is 0 Å². The lowest BCUT2D eigenvalue weighted by Gasteiger charge is -2.42. The second-order valence-corrected chi connectivity index (χ2v) is 12.3. The Labute approximate surface area is 203 Å². The first-order chi connectivity index (χ1) is 15.1. The van der Waals surface area contributed by atoms with Crippen molar-refractivity contribution in [2.75, 3.05) is 7.05 Å². The molecule has 0 aliphatic heterocycles. The molecule has 3 aliphatic carbocycles. The van der Waals surface area contributed by atoms with Crippen molar-refractivity contribution in [1.82, 2.24) is 5.32 Å². The van der Waals surface area contributed by atoms with Crippen LogP contribution >= 0.6 is 11.6 Å². The molecule has 2 fully saturated rings. The van der Waals surface area contributed by atoms with E-state index in [-0.39, 0.29) is 10.8 Å². The summed E-state index contributed by atoms with van der Waals surface area (Å²) < 4.78 is 0. The summed E-state index contributed by atoms with van der Waals surface area (Å²) >= 11 is 6.46. The first-order valence-corrected chi connectivity index (χ1v) is 13.3. The number of hydrogen-bond acceptors (Lipinski definition) is 1. The fourth-order valence-corrected chi connectivity index (χ4v) is 6.68. The molecule has 0 amide bonds. The first-order valence-electron chi connectivity index (χ1n) is 12.8. The maximum absolute atomic E-state index is 6.46. The first kappa shape index (κ1) is 25.6. The van der Waals surface area contributed by atoms with Crippen LogP contribution in [0.4, 0.5) is 0 Å². The van der Waals surface area contributed by atoms with Crippen molar-refractivity contribution < 1.29 is 0 Å². The third-order valence-corrected chi connectivity index (χ3v) is 8.88. The number of fused-ring (bicyclic) bond motifs is 1. The molecule has 0 saturated heterocycles. The average Bonchev–Trinajstić information content (AvgIpc) is 3.09. The number of likely N-dealkylation sites (N-methyl/N-ethyl adjacent to an activating group) is 1. The summed E-state index contributed by atoms with van der Waals surface area (Å²) in [4.78, 5) is 0. The lowest BCUT2D eigenvalue weighted by atomic mass is 9.62. The molecule has 0 spiro atoms. The predicted molar refractivity (Wildman–Crippen MR) is 142 cm³/mol. The molecule has 2 heteroatoms. The van der Waals surface area contributed by atoms with Gasteiger partial charge in [-0.1, -0.05) is 82.7 Å². The Balaban J connectivity index is 1.70. The largest absolute Gasteiger partial charge is 0.313 e. The molecular weight excluding hydrogens is 410 g/mol. The highest BCUT2D eigenvalue weighted by Gasteiger charge is 2.45. The topological polar surface area (TPSA) is 12.0 Å². The third kappa shape index (κ3) is 5.53. The summed E-state index contributed by atoms with van der Waals surface area (Å²) in [6, 6.07) is 0.412. The molecule has 0 bridgehead atoms. The predicted octanol–water partition coefficient (Wildman–Crippen LogP) is 8.54. The van der Waals surface area contributed by atoms with Crippen LogP contribution in [0.25, 0.3) is 0 Å². The van der Waals surface area contributed by atoms with E-state index in [9.17, 15) is 0 Å². The van der Waals surface area contributed by atoms with Gasteiger partial charge in [-0.05, 0) is 92.2 Å². The van der Waals surface area contributed by atoms with Gasteiger partial charge in [0.05, 0.1) is 5.38 Å². The molecule has 3 rings (SSSR count). The van der Waals surface area contributed by atoms with Gasteiger partial charge in [0.15, 0.2) is 0 Å². The fraction of sp³-hybridized carbons (Fsp3) is 0.667. The summed E-state index contributed by atoms with van der Waals surface area (Å²) in [5.74, 6) is 1.27. The molecule has 1 N–H and O–H groups in total. The van der Waals surface area contributed by atoms with E-state index in [0.717, 1.165) is 24.8 Å². The molecule has 0 aromatic carbocycles. The highest BCUT2D eigenvalue weighted by atomic mass is 35.5. The van der Waals surface area contributed by atoms with Crippen LogP contribution < -0.4 is 5.32 Å². The smallest absolute Gasteiger partial charge is 0.0582 e. The molecule has 2 saturated carbocycles. The molecule has 1 nitrogen and oxygen atoms in total. The van der Waals surface area contributed by atoms with Crippen LogP contribution in [0.2, 0.25) is 0 Å². The van der Waals surface area contributed by atoms with E-state index in [1.165, 1.54) is 37.7 Å². The summed E-state index contributed by atoms with van der Waals surface area (Å²) in [5, 5.41) is 3.59. The molecule has 0 radical (unpaired) electrons. The van der Waals surface area contributed by atoms with E-state index < -0.39 is 0 Å². The van der Waals surface area contributed by atoms with E-state index in [2.05, 4.69) is 83.9 Å². The average molecular weight is 456 g/mol. The quantitative estimate of drug-likeness (QED) is 0.312. The van der Waals surface area contributed by atoms with Gasteiger partial charge < -0.3 is 5.32 Å². The lowest BCUT2D eigenvalue weighted by molar-refractivity contribution is 0.218. The number of allylic oxidation sites excluding steroid dienone is 8. The van der Waals surface area contributed by atoms with Crippen LogP contribution in [0, 0.1) is 22.7 Å². The molecule has 5 atom stereocenters. The molecule has 32 heavy (non-hydrogen) atoms. The SMILES string of the molecule is C=C1/C(=C\C=C2/CCCC3(C)C(C(C)C/C=C/C(NC)C(C)(C)C)=CCC23)CCCC1Cl. The monoisotopic (exact) mass is 455 g/mol. The van der Waals surface area contributed by atoms with E-state index in [4.69, 9.17) is 11.6 Å². The summed E-state index contributed by atoms with van der Waals surface area (Å²) in [6.45, 7) is 16.1. The zero-order valence-electron chi connectivity index (χ0n) is 21.4. The molecule has 0 aromatic heterocycles. The van der Waals surface area contributed by atoms with Crippen LogP contribution in [-0.2, 0) is 0 Å². The van der Waals surface area contributed by atoms with Gasteiger partial charge in [-0.2, -0.15) is 0 Å². The second kappa shape index (κ2) is 10.5. The van der Waals surface area contributed by atoms with Gasteiger partial charge in [0, 0.05) is 6.04 Å². The minimum absolute atomic E-state index is 0.125. The number of halogens is 1. The molecule has 5 unspecified atom stereocenters. The minimum atomic E-state index is 0.125. The van der Waals surface area contributed by atoms with Crippen LogP contribution in [0.15, 0.2) is 59.3 Å². The summed E-state index contributed by atoms with van der Waals surface area (Å²) in [6.07, 6.45) is 21.8. The third-order valence-electron chi connectivity index (χ3n) is 8.40. The van der Waals surface area contributed by atoms with E-state index >= 15 is 0 Å².